The fourth-order valence-electron chi connectivity index (χ4n) is 3.87. The summed E-state index contributed by atoms with van der Waals surface area (Å²) in [5.74, 6) is 1.23. The fraction of sp³-hybridized carbons (Fsp3) is 0.588. The summed E-state index contributed by atoms with van der Waals surface area (Å²) in [6.45, 7) is 1.84. The number of benzene rings is 1. The van der Waals surface area contributed by atoms with Gasteiger partial charge in [0.2, 0.25) is 5.91 Å². The minimum absolute atomic E-state index is 0.0762. The van der Waals surface area contributed by atoms with E-state index in [1.807, 2.05) is 4.90 Å². The Hall–Kier alpha value is -1.62. The predicted octanol–water partition coefficient (Wildman–Crippen LogP) is 2.39. The van der Waals surface area contributed by atoms with Gasteiger partial charge in [-0.25, -0.2) is 4.39 Å². The molecule has 2 fully saturated rings. The number of hydrogen-bond donors (Lipinski definition) is 0. The highest BCUT2D eigenvalue weighted by Gasteiger charge is 2.50. The molecule has 0 radical (unpaired) electrons. The zero-order valence-corrected chi connectivity index (χ0v) is 12.6. The lowest BCUT2D eigenvalue weighted by Crippen LogP contribution is -2.36. The molecule has 0 aromatic heterocycles. The van der Waals surface area contributed by atoms with E-state index >= 15 is 0 Å². The van der Waals surface area contributed by atoms with E-state index in [0.717, 1.165) is 18.4 Å². The maximum absolute atomic E-state index is 13.7. The van der Waals surface area contributed by atoms with Crippen molar-refractivity contribution < 1.29 is 18.7 Å². The molecule has 1 saturated heterocycles. The molecule has 4 rings (SSSR count). The number of halogens is 1. The molecule has 1 aromatic rings. The van der Waals surface area contributed by atoms with Gasteiger partial charge in [0.1, 0.15) is 11.6 Å². The molecule has 1 aromatic carbocycles. The van der Waals surface area contributed by atoms with Crippen LogP contribution < -0.4 is 4.74 Å². The Morgan fingerprint density at radius 2 is 2.27 bits per heavy atom. The predicted molar refractivity (Wildman–Crippen MR) is 77.9 cm³/mol. The first kappa shape index (κ1) is 14.0. The van der Waals surface area contributed by atoms with E-state index < -0.39 is 0 Å². The molecular formula is C17H20FNO3. The molecule has 3 atom stereocenters. The van der Waals surface area contributed by atoms with Crippen molar-refractivity contribution in [1.82, 2.24) is 4.90 Å². The van der Waals surface area contributed by atoms with Crippen LogP contribution in [0.1, 0.15) is 24.4 Å². The van der Waals surface area contributed by atoms with Crippen LogP contribution in [0, 0.1) is 23.6 Å². The van der Waals surface area contributed by atoms with Crippen molar-refractivity contribution in [3.05, 3.63) is 29.6 Å². The standard InChI is InChI=1S/C17H20FNO3/c1-21-8-11-7-19(17(20)10-2-3-10)16-13-6-12(18)4-5-15(13)22-9-14(11)16/h4-6,10-11,14,16H,2-3,7-9H2,1H3/t11-,14-,16-/m0/s1. The Bertz CT molecular complexity index is 602. The second kappa shape index (κ2) is 5.23. The Balaban J connectivity index is 1.72. The average molecular weight is 305 g/mol. The summed E-state index contributed by atoms with van der Waals surface area (Å²) in [7, 11) is 1.68. The van der Waals surface area contributed by atoms with Crippen molar-refractivity contribution in [2.75, 3.05) is 26.9 Å². The molecule has 1 amide bonds. The normalized spacial score (nSPS) is 29.7. The van der Waals surface area contributed by atoms with Crippen LogP contribution in [0.2, 0.25) is 0 Å². The van der Waals surface area contributed by atoms with E-state index in [2.05, 4.69) is 0 Å². The molecule has 2 heterocycles. The minimum atomic E-state index is -0.281. The number of methoxy groups -OCH3 is 1. The number of fused-ring (bicyclic) bond motifs is 3. The average Bonchev–Trinajstić information content (AvgIpc) is 3.29. The van der Waals surface area contributed by atoms with Gasteiger partial charge in [-0.15, -0.1) is 0 Å². The largest absolute Gasteiger partial charge is 0.493 e. The van der Waals surface area contributed by atoms with Crippen LogP contribution >= 0.6 is 0 Å². The van der Waals surface area contributed by atoms with Crippen molar-refractivity contribution in [1.29, 1.82) is 0 Å². The number of amides is 1. The number of nitrogens with zero attached hydrogens (tertiary/aromatic N) is 1. The second-order valence-electron chi connectivity index (χ2n) is 6.58. The summed E-state index contributed by atoms with van der Waals surface area (Å²) in [4.78, 5) is 14.6. The molecule has 1 aliphatic carbocycles. The van der Waals surface area contributed by atoms with Crippen LogP contribution in [0.4, 0.5) is 4.39 Å². The van der Waals surface area contributed by atoms with E-state index in [9.17, 15) is 9.18 Å². The molecule has 0 N–H and O–H groups in total. The zero-order valence-electron chi connectivity index (χ0n) is 12.6. The number of ether oxygens (including phenoxy) is 2. The first-order chi connectivity index (χ1) is 10.7. The van der Waals surface area contributed by atoms with Gasteiger partial charge in [-0.05, 0) is 31.0 Å². The van der Waals surface area contributed by atoms with Gasteiger partial charge in [-0.1, -0.05) is 0 Å². The zero-order chi connectivity index (χ0) is 15.3. The molecule has 0 spiro atoms. The summed E-state index contributed by atoms with van der Waals surface area (Å²) >= 11 is 0. The van der Waals surface area contributed by atoms with Crippen LogP contribution in [0.15, 0.2) is 18.2 Å². The first-order valence-corrected chi connectivity index (χ1v) is 7.90. The van der Waals surface area contributed by atoms with Gasteiger partial charge in [0.05, 0.1) is 19.3 Å². The van der Waals surface area contributed by atoms with Crippen molar-refractivity contribution in [3.8, 4) is 5.75 Å². The quantitative estimate of drug-likeness (QED) is 0.861. The lowest BCUT2D eigenvalue weighted by molar-refractivity contribution is -0.134. The van der Waals surface area contributed by atoms with Gasteiger partial charge in [-0.3, -0.25) is 4.79 Å². The maximum Gasteiger partial charge on any atom is 0.226 e. The van der Waals surface area contributed by atoms with E-state index in [1.165, 1.54) is 12.1 Å². The van der Waals surface area contributed by atoms with Crippen LogP contribution in [0.25, 0.3) is 0 Å². The first-order valence-electron chi connectivity index (χ1n) is 7.90. The molecule has 22 heavy (non-hydrogen) atoms. The van der Waals surface area contributed by atoms with Crippen LogP contribution in [-0.2, 0) is 9.53 Å². The summed E-state index contributed by atoms with van der Waals surface area (Å²) in [6, 6.07) is 4.53. The smallest absolute Gasteiger partial charge is 0.226 e. The highest BCUT2D eigenvalue weighted by molar-refractivity contribution is 5.82. The molecule has 0 unspecified atom stereocenters. The highest BCUT2D eigenvalue weighted by atomic mass is 19.1. The number of carbonyl (C=O) groups excluding carboxylic acids is 1. The van der Waals surface area contributed by atoms with Gasteiger partial charge < -0.3 is 14.4 Å². The molecule has 4 nitrogen and oxygen atoms in total. The van der Waals surface area contributed by atoms with Crippen molar-refractivity contribution in [3.63, 3.8) is 0 Å². The molecule has 5 heteroatoms. The summed E-state index contributed by atoms with van der Waals surface area (Å²) < 4.78 is 24.8. The molecule has 0 bridgehead atoms. The van der Waals surface area contributed by atoms with Gasteiger partial charge in [0.25, 0.3) is 0 Å². The fourth-order valence-corrected chi connectivity index (χ4v) is 3.87. The molecule has 2 aliphatic heterocycles. The van der Waals surface area contributed by atoms with E-state index in [-0.39, 0.29) is 35.5 Å². The minimum Gasteiger partial charge on any atom is -0.493 e. The number of hydrogen-bond acceptors (Lipinski definition) is 3. The van der Waals surface area contributed by atoms with Crippen molar-refractivity contribution in [2.45, 2.75) is 18.9 Å². The molecule has 118 valence electrons. The van der Waals surface area contributed by atoms with Gasteiger partial charge in [-0.2, -0.15) is 0 Å². The SMILES string of the molecule is COC[C@@H]1CN(C(=O)C2CC2)[C@H]2c3cc(F)ccc3OC[C@@H]12. The van der Waals surface area contributed by atoms with E-state index in [1.54, 1.807) is 13.2 Å². The van der Waals surface area contributed by atoms with E-state index in [0.29, 0.717) is 25.5 Å². The van der Waals surface area contributed by atoms with Gasteiger partial charge >= 0.3 is 0 Å². The molecule has 3 aliphatic rings. The second-order valence-corrected chi connectivity index (χ2v) is 6.58. The topological polar surface area (TPSA) is 38.8 Å². The Labute approximate surface area is 129 Å². The van der Waals surface area contributed by atoms with Crippen LogP contribution in [0.3, 0.4) is 0 Å². The summed E-state index contributed by atoms with van der Waals surface area (Å²) in [5, 5.41) is 0. The number of carbonyl (C=O) groups is 1. The third-order valence-corrected chi connectivity index (χ3v) is 5.09. The van der Waals surface area contributed by atoms with E-state index in [4.69, 9.17) is 9.47 Å². The summed E-state index contributed by atoms with van der Waals surface area (Å²) in [5.41, 5.74) is 0.809. The van der Waals surface area contributed by atoms with Crippen LogP contribution in [0.5, 0.6) is 5.75 Å². The van der Waals surface area contributed by atoms with Gasteiger partial charge in [0, 0.05) is 37.0 Å². The highest BCUT2D eigenvalue weighted by Crippen LogP contribution is 2.49. The lowest BCUT2D eigenvalue weighted by Gasteiger charge is -2.34. The third kappa shape index (κ3) is 2.19. The monoisotopic (exact) mass is 305 g/mol. The van der Waals surface area contributed by atoms with Crippen LogP contribution in [-0.4, -0.2) is 37.7 Å². The lowest BCUT2D eigenvalue weighted by atomic mass is 9.85. The Morgan fingerprint density at radius 1 is 1.45 bits per heavy atom. The molecular weight excluding hydrogens is 285 g/mol. The number of rotatable bonds is 3. The van der Waals surface area contributed by atoms with Gasteiger partial charge in [0.15, 0.2) is 0 Å². The Kier molecular flexibility index (Phi) is 3.33. The third-order valence-electron chi connectivity index (χ3n) is 5.09. The number of likely N-dealkylation sites (tertiary alicyclic amines) is 1. The molecule has 1 saturated carbocycles. The maximum atomic E-state index is 13.7. The summed E-state index contributed by atoms with van der Waals surface area (Å²) in [6.07, 6.45) is 1.96. The van der Waals surface area contributed by atoms with Crippen molar-refractivity contribution >= 4 is 5.91 Å². The Morgan fingerprint density at radius 3 is 3.00 bits per heavy atom. The van der Waals surface area contributed by atoms with Crippen molar-refractivity contribution in [2.24, 2.45) is 17.8 Å².